The number of rotatable bonds is 1. The molecule has 0 unspecified atom stereocenters. The molecule has 2 aliphatic rings. The molecule has 1 aliphatic heterocycles. The maximum atomic E-state index is 4.38. The van der Waals surface area contributed by atoms with Crippen LogP contribution in [0, 0.1) is 5.92 Å². The van der Waals surface area contributed by atoms with Crippen molar-refractivity contribution in [1.29, 1.82) is 0 Å². The van der Waals surface area contributed by atoms with Crippen LogP contribution in [0.4, 0.5) is 0 Å². The van der Waals surface area contributed by atoms with E-state index in [4.69, 9.17) is 0 Å². The highest BCUT2D eigenvalue weighted by Crippen LogP contribution is 2.23. The third-order valence-electron chi connectivity index (χ3n) is 3.70. The van der Waals surface area contributed by atoms with E-state index < -0.39 is 0 Å². The van der Waals surface area contributed by atoms with Crippen LogP contribution < -0.4 is 5.32 Å². The number of nitrogens with zero attached hydrogens (tertiary/aromatic N) is 2. The van der Waals surface area contributed by atoms with Gasteiger partial charge in [0.05, 0.1) is 0 Å². The van der Waals surface area contributed by atoms with Gasteiger partial charge in [-0.15, -0.1) is 0 Å². The predicted molar refractivity (Wildman–Crippen MR) is 68.4 cm³/mol. The van der Waals surface area contributed by atoms with Gasteiger partial charge in [-0.2, -0.15) is 0 Å². The molecule has 0 bridgehead atoms. The minimum atomic E-state index is 0.632. The van der Waals surface area contributed by atoms with Crippen molar-refractivity contribution in [3.05, 3.63) is 12.4 Å². The van der Waals surface area contributed by atoms with Crippen molar-refractivity contribution < 1.29 is 0 Å². The largest absolute Gasteiger partial charge is 0.240 e. The van der Waals surface area contributed by atoms with Crippen LogP contribution in [-0.2, 0) is 0 Å². The predicted octanol–water partition coefficient (Wildman–Crippen LogP) is 4.00. The summed E-state index contributed by atoms with van der Waals surface area (Å²) in [5.74, 6) is 1.73. The summed E-state index contributed by atoms with van der Waals surface area (Å²) < 4.78 is 0. The Morgan fingerprint density at radius 3 is 1.81 bits per heavy atom. The quantitative estimate of drug-likeness (QED) is 0.637. The third kappa shape index (κ3) is 3.66. The summed E-state index contributed by atoms with van der Waals surface area (Å²) in [5, 5.41) is 4.38. The Bertz CT molecular complexity index is 243. The SMILES string of the molecule is C1=CN=C(C2CCCCCCCCCC2)[N]1. The summed E-state index contributed by atoms with van der Waals surface area (Å²) in [6.45, 7) is 0. The fourth-order valence-corrected chi connectivity index (χ4v) is 2.71. The van der Waals surface area contributed by atoms with Gasteiger partial charge in [0.15, 0.2) is 0 Å². The molecule has 16 heavy (non-hydrogen) atoms. The van der Waals surface area contributed by atoms with Gasteiger partial charge in [0.1, 0.15) is 5.84 Å². The van der Waals surface area contributed by atoms with Crippen LogP contribution in [0.15, 0.2) is 17.4 Å². The Hall–Kier alpha value is -0.790. The molecule has 0 amide bonds. The van der Waals surface area contributed by atoms with Crippen LogP contribution in [0.2, 0.25) is 0 Å². The first-order valence-corrected chi connectivity index (χ1v) is 6.90. The van der Waals surface area contributed by atoms with Crippen LogP contribution in [0.3, 0.4) is 0 Å². The number of amidine groups is 1. The first-order valence-electron chi connectivity index (χ1n) is 6.90. The molecule has 0 aromatic rings. The molecule has 0 spiro atoms. The Morgan fingerprint density at radius 2 is 1.31 bits per heavy atom. The average Bonchev–Trinajstić information content (AvgIpc) is 2.79. The Kier molecular flexibility index (Phi) is 4.91. The molecule has 1 radical (unpaired) electrons. The second-order valence-corrected chi connectivity index (χ2v) is 5.02. The maximum Gasteiger partial charge on any atom is 0.131 e. The first-order chi connectivity index (χ1) is 7.97. The zero-order chi connectivity index (χ0) is 11.1. The summed E-state index contributed by atoms with van der Waals surface area (Å²) >= 11 is 0. The van der Waals surface area contributed by atoms with E-state index in [1.165, 1.54) is 64.2 Å². The van der Waals surface area contributed by atoms with Gasteiger partial charge in [0.25, 0.3) is 0 Å². The molecule has 0 N–H and O–H groups in total. The lowest BCUT2D eigenvalue weighted by atomic mass is 9.94. The molecular weight excluding hydrogens is 196 g/mol. The second-order valence-electron chi connectivity index (χ2n) is 5.02. The van der Waals surface area contributed by atoms with Crippen LogP contribution >= 0.6 is 0 Å². The van der Waals surface area contributed by atoms with Gasteiger partial charge in [0.2, 0.25) is 0 Å². The zero-order valence-electron chi connectivity index (χ0n) is 10.2. The van der Waals surface area contributed by atoms with E-state index in [-0.39, 0.29) is 0 Å². The third-order valence-corrected chi connectivity index (χ3v) is 3.70. The van der Waals surface area contributed by atoms with E-state index in [2.05, 4.69) is 10.3 Å². The van der Waals surface area contributed by atoms with E-state index in [0.29, 0.717) is 5.92 Å². The van der Waals surface area contributed by atoms with E-state index in [1.807, 2.05) is 12.4 Å². The van der Waals surface area contributed by atoms with Gasteiger partial charge in [0, 0.05) is 18.3 Å². The number of hydrogen-bond donors (Lipinski definition) is 0. The van der Waals surface area contributed by atoms with Crippen LogP contribution in [0.25, 0.3) is 0 Å². The molecule has 0 aromatic heterocycles. The maximum absolute atomic E-state index is 4.38. The minimum absolute atomic E-state index is 0.632. The van der Waals surface area contributed by atoms with Crippen molar-refractivity contribution in [1.82, 2.24) is 5.32 Å². The zero-order valence-corrected chi connectivity index (χ0v) is 10.2. The molecular formula is C14H23N2. The summed E-state index contributed by atoms with van der Waals surface area (Å²) in [6.07, 6.45) is 17.5. The fraction of sp³-hybridized carbons (Fsp3) is 0.786. The van der Waals surface area contributed by atoms with Gasteiger partial charge >= 0.3 is 0 Å². The van der Waals surface area contributed by atoms with Gasteiger partial charge in [-0.25, -0.2) is 10.3 Å². The second kappa shape index (κ2) is 6.72. The highest BCUT2D eigenvalue weighted by Gasteiger charge is 2.17. The van der Waals surface area contributed by atoms with E-state index >= 15 is 0 Å². The number of aliphatic imine (C=N–C) groups is 1. The highest BCUT2D eigenvalue weighted by molar-refractivity contribution is 5.87. The Morgan fingerprint density at radius 1 is 0.750 bits per heavy atom. The first kappa shape index (κ1) is 11.7. The molecule has 2 rings (SSSR count). The van der Waals surface area contributed by atoms with Crippen LogP contribution in [-0.4, -0.2) is 5.84 Å². The van der Waals surface area contributed by atoms with Crippen molar-refractivity contribution in [2.45, 2.75) is 64.2 Å². The Balaban J connectivity index is 1.83. The molecule has 1 fully saturated rings. The monoisotopic (exact) mass is 219 g/mol. The molecule has 89 valence electrons. The fourth-order valence-electron chi connectivity index (χ4n) is 2.71. The van der Waals surface area contributed by atoms with E-state index in [0.717, 1.165) is 5.84 Å². The molecule has 0 aromatic carbocycles. The highest BCUT2D eigenvalue weighted by atomic mass is 15.0. The Labute approximate surface area is 99.2 Å². The standard InChI is InChI=1S/C14H23N2/c1-2-4-6-8-10-13(9-7-5-3-1)14-15-11-12-16-14/h11-13H,1-10H2. The smallest absolute Gasteiger partial charge is 0.131 e. The van der Waals surface area contributed by atoms with Gasteiger partial charge in [-0.3, -0.25) is 0 Å². The molecule has 0 saturated heterocycles. The van der Waals surface area contributed by atoms with Gasteiger partial charge < -0.3 is 0 Å². The van der Waals surface area contributed by atoms with Crippen molar-refractivity contribution in [3.8, 4) is 0 Å². The number of hydrogen-bond acceptors (Lipinski definition) is 1. The van der Waals surface area contributed by atoms with Gasteiger partial charge in [-0.1, -0.05) is 51.4 Å². The molecule has 1 aliphatic carbocycles. The summed E-state index contributed by atoms with van der Waals surface area (Å²) in [5.41, 5.74) is 0. The average molecular weight is 219 g/mol. The van der Waals surface area contributed by atoms with E-state index in [9.17, 15) is 0 Å². The molecule has 1 saturated carbocycles. The molecule has 1 heterocycles. The summed E-state index contributed by atoms with van der Waals surface area (Å²) in [4.78, 5) is 4.38. The molecule has 0 atom stereocenters. The lowest BCUT2D eigenvalue weighted by Gasteiger charge is -2.15. The summed E-state index contributed by atoms with van der Waals surface area (Å²) in [7, 11) is 0. The van der Waals surface area contributed by atoms with E-state index in [1.54, 1.807) is 0 Å². The lowest BCUT2D eigenvalue weighted by molar-refractivity contribution is 0.505. The van der Waals surface area contributed by atoms with Crippen molar-refractivity contribution in [2.24, 2.45) is 10.9 Å². The lowest BCUT2D eigenvalue weighted by Crippen LogP contribution is -2.19. The molecule has 2 nitrogen and oxygen atoms in total. The van der Waals surface area contributed by atoms with Gasteiger partial charge in [-0.05, 0) is 12.8 Å². The van der Waals surface area contributed by atoms with Crippen molar-refractivity contribution in [3.63, 3.8) is 0 Å². The normalized spacial score (nSPS) is 24.6. The van der Waals surface area contributed by atoms with Crippen LogP contribution in [0.5, 0.6) is 0 Å². The van der Waals surface area contributed by atoms with Crippen molar-refractivity contribution in [2.75, 3.05) is 0 Å². The molecule has 2 heteroatoms. The topological polar surface area (TPSA) is 26.5 Å². The van der Waals surface area contributed by atoms with Crippen LogP contribution in [0.1, 0.15) is 64.2 Å². The summed E-state index contributed by atoms with van der Waals surface area (Å²) in [6, 6.07) is 0. The minimum Gasteiger partial charge on any atom is -0.240 e. The van der Waals surface area contributed by atoms with Crippen molar-refractivity contribution >= 4 is 5.84 Å².